The molecule has 0 aromatic rings. The molecule has 0 aromatic heterocycles. The second kappa shape index (κ2) is 6.04. The topological polar surface area (TPSA) is 0 Å². The summed E-state index contributed by atoms with van der Waals surface area (Å²) < 4.78 is 0. The molecule has 0 spiro atoms. The molecule has 0 unspecified atom stereocenters. The van der Waals surface area contributed by atoms with Crippen LogP contribution in [0.15, 0.2) is 35.4 Å². The van der Waals surface area contributed by atoms with E-state index < -0.39 is 0 Å². The van der Waals surface area contributed by atoms with Gasteiger partial charge in [-0.1, -0.05) is 44.7 Å². The first-order valence-corrected chi connectivity index (χ1v) is 5.22. The summed E-state index contributed by atoms with van der Waals surface area (Å²) in [6.07, 6.45) is 4.22. The van der Waals surface area contributed by atoms with Crippen molar-refractivity contribution < 1.29 is 0 Å². The fourth-order valence-electron chi connectivity index (χ4n) is 1.04. The molecule has 0 aromatic carbocycles. The van der Waals surface area contributed by atoms with Crippen molar-refractivity contribution in [3.05, 3.63) is 35.4 Å². The molecule has 0 N–H and O–H groups in total. The van der Waals surface area contributed by atoms with Crippen LogP contribution in [0, 0.1) is 5.92 Å². The molecule has 1 fully saturated rings. The molecule has 1 aliphatic carbocycles. The van der Waals surface area contributed by atoms with E-state index in [0.29, 0.717) is 5.92 Å². The lowest BCUT2D eigenvalue weighted by molar-refractivity contribution is 1.02. The molecule has 0 nitrogen and oxygen atoms in total. The molecule has 1 saturated carbocycles. The van der Waals surface area contributed by atoms with E-state index in [1.165, 1.54) is 18.4 Å². The maximum absolute atomic E-state index is 5.88. The average molecular weight is 199 g/mol. The van der Waals surface area contributed by atoms with E-state index in [1.807, 2.05) is 20.8 Å². The highest BCUT2D eigenvalue weighted by Crippen LogP contribution is 2.39. The van der Waals surface area contributed by atoms with Crippen molar-refractivity contribution in [3.8, 4) is 0 Å². The van der Waals surface area contributed by atoms with Crippen molar-refractivity contribution in [1.29, 1.82) is 0 Å². The van der Waals surface area contributed by atoms with Crippen molar-refractivity contribution in [3.63, 3.8) is 0 Å². The quantitative estimate of drug-likeness (QED) is 0.578. The Morgan fingerprint density at radius 3 is 2.15 bits per heavy atom. The number of hydrogen-bond donors (Lipinski definition) is 0. The summed E-state index contributed by atoms with van der Waals surface area (Å²) in [5, 5.41) is 0.738. The zero-order chi connectivity index (χ0) is 10.4. The number of allylic oxidation sites excluding steroid dienone is 4. The molecule has 13 heavy (non-hydrogen) atoms. The lowest BCUT2D eigenvalue weighted by atomic mass is 10.1. The fraction of sp³-hybridized carbons (Fsp3) is 0.500. The zero-order valence-corrected chi connectivity index (χ0v) is 9.62. The Morgan fingerprint density at radius 1 is 1.38 bits per heavy atom. The van der Waals surface area contributed by atoms with Crippen LogP contribution in [-0.2, 0) is 0 Å². The van der Waals surface area contributed by atoms with Crippen molar-refractivity contribution in [2.45, 2.75) is 33.6 Å². The zero-order valence-electron chi connectivity index (χ0n) is 8.86. The second-order valence-corrected chi connectivity index (χ2v) is 3.38. The molecule has 0 aliphatic heterocycles. The minimum absolute atomic E-state index is 0.698. The average Bonchev–Trinajstić information content (AvgIpc) is 3.01. The molecule has 0 radical (unpaired) electrons. The van der Waals surface area contributed by atoms with E-state index in [1.54, 1.807) is 6.08 Å². The lowest BCUT2D eigenvalue weighted by Crippen LogP contribution is -1.87. The molecule has 0 amide bonds. The molecule has 1 heteroatoms. The third-order valence-corrected chi connectivity index (χ3v) is 2.53. The number of halogens is 1. The van der Waals surface area contributed by atoms with Gasteiger partial charge in [0, 0.05) is 5.03 Å². The van der Waals surface area contributed by atoms with Gasteiger partial charge in [-0.15, -0.1) is 0 Å². The first-order chi connectivity index (χ1) is 6.16. The van der Waals surface area contributed by atoms with Gasteiger partial charge in [-0.2, -0.15) is 0 Å². The Bertz CT molecular complexity index is 219. The maximum atomic E-state index is 5.88. The predicted octanol–water partition coefficient (Wildman–Crippen LogP) is 4.68. The van der Waals surface area contributed by atoms with Gasteiger partial charge in [0.25, 0.3) is 0 Å². The largest absolute Gasteiger partial charge is 0.0976 e. The first-order valence-electron chi connectivity index (χ1n) is 4.84. The van der Waals surface area contributed by atoms with Crippen LogP contribution >= 0.6 is 11.6 Å². The summed E-state index contributed by atoms with van der Waals surface area (Å²) in [7, 11) is 0. The van der Waals surface area contributed by atoms with Crippen LogP contribution in [0.5, 0.6) is 0 Å². The van der Waals surface area contributed by atoms with Crippen LogP contribution < -0.4 is 0 Å². The van der Waals surface area contributed by atoms with E-state index in [9.17, 15) is 0 Å². The summed E-state index contributed by atoms with van der Waals surface area (Å²) >= 11 is 5.88. The molecule has 0 heterocycles. The fourth-order valence-corrected chi connectivity index (χ4v) is 1.17. The van der Waals surface area contributed by atoms with Crippen molar-refractivity contribution >= 4 is 11.6 Å². The molecular formula is C12H19Cl. The van der Waals surface area contributed by atoms with Crippen molar-refractivity contribution in [1.82, 2.24) is 0 Å². The van der Waals surface area contributed by atoms with Gasteiger partial charge in [-0.25, -0.2) is 0 Å². The van der Waals surface area contributed by atoms with E-state index in [4.69, 9.17) is 11.6 Å². The third-order valence-electron chi connectivity index (χ3n) is 2.09. The van der Waals surface area contributed by atoms with Gasteiger partial charge in [0.15, 0.2) is 0 Å². The molecule has 1 aliphatic rings. The minimum atomic E-state index is 0.698. The van der Waals surface area contributed by atoms with Gasteiger partial charge in [0.05, 0.1) is 0 Å². The van der Waals surface area contributed by atoms with E-state index in [-0.39, 0.29) is 0 Å². The van der Waals surface area contributed by atoms with Crippen LogP contribution in [0.4, 0.5) is 0 Å². The summed E-state index contributed by atoms with van der Waals surface area (Å²) in [5.74, 6) is 0.698. The molecule has 1 rings (SSSR count). The van der Waals surface area contributed by atoms with Gasteiger partial charge in [0.2, 0.25) is 0 Å². The summed E-state index contributed by atoms with van der Waals surface area (Å²) in [5.41, 5.74) is 2.29. The highest BCUT2D eigenvalue weighted by atomic mass is 35.5. The highest BCUT2D eigenvalue weighted by Gasteiger charge is 2.25. The number of rotatable bonds is 3. The van der Waals surface area contributed by atoms with Gasteiger partial charge in [0.1, 0.15) is 0 Å². The van der Waals surface area contributed by atoms with Gasteiger partial charge < -0.3 is 0 Å². The molecular weight excluding hydrogens is 180 g/mol. The van der Waals surface area contributed by atoms with Gasteiger partial charge >= 0.3 is 0 Å². The molecule has 0 bridgehead atoms. The third kappa shape index (κ3) is 3.82. The highest BCUT2D eigenvalue weighted by molar-refractivity contribution is 6.31. The smallest absolute Gasteiger partial charge is 0.0431 e. The summed E-state index contributed by atoms with van der Waals surface area (Å²) in [6.45, 7) is 13.6. The maximum Gasteiger partial charge on any atom is 0.0431 e. The molecule has 0 saturated heterocycles. The van der Waals surface area contributed by atoms with E-state index in [2.05, 4.69) is 13.2 Å². The Labute approximate surface area is 87.0 Å². The van der Waals surface area contributed by atoms with Crippen molar-refractivity contribution in [2.75, 3.05) is 0 Å². The monoisotopic (exact) mass is 198 g/mol. The van der Waals surface area contributed by atoms with Crippen LogP contribution in [0.2, 0.25) is 0 Å². The van der Waals surface area contributed by atoms with Crippen molar-refractivity contribution in [2.24, 2.45) is 5.92 Å². The molecule has 74 valence electrons. The van der Waals surface area contributed by atoms with Crippen LogP contribution in [0.3, 0.4) is 0 Å². The summed E-state index contributed by atoms with van der Waals surface area (Å²) in [6, 6.07) is 0. The van der Waals surface area contributed by atoms with Crippen LogP contribution in [0.25, 0.3) is 0 Å². The van der Waals surface area contributed by atoms with E-state index in [0.717, 1.165) is 10.6 Å². The van der Waals surface area contributed by atoms with Gasteiger partial charge in [-0.05, 0) is 36.8 Å². The Hall–Kier alpha value is -0.490. The Balaban J connectivity index is 0.000000671. The first kappa shape index (κ1) is 12.5. The van der Waals surface area contributed by atoms with Crippen LogP contribution in [0.1, 0.15) is 33.6 Å². The normalized spacial score (nSPS) is 16.6. The summed E-state index contributed by atoms with van der Waals surface area (Å²) in [4.78, 5) is 0. The lowest BCUT2D eigenvalue weighted by Gasteiger charge is -2.04. The number of hydrogen-bond acceptors (Lipinski definition) is 0. The Kier molecular flexibility index (Phi) is 5.81. The minimum Gasteiger partial charge on any atom is -0.0976 e. The SMILES string of the molecule is C=C/C(Cl)=C(/C)C(=C)C1CC1.CC. The molecule has 0 atom stereocenters. The predicted molar refractivity (Wildman–Crippen MR) is 62.0 cm³/mol. The van der Waals surface area contributed by atoms with E-state index >= 15 is 0 Å². The van der Waals surface area contributed by atoms with Crippen LogP contribution in [-0.4, -0.2) is 0 Å². The van der Waals surface area contributed by atoms with Gasteiger partial charge in [-0.3, -0.25) is 0 Å². The Morgan fingerprint density at radius 2 is 1.85 bits per heavy atom. The standard InChI is InChI=1S/C10H13Cl.C2H6/c1-4-10(11)8(3)7(2)9-5-6-9;1-2/h4,9H,1-2,5-6H2,3H3;1-2H3/b10-8+;. The second-order valence-electron chi connectivity index (χ2n) is 2.98.